The van der Waals surface area contributed by atoms with Crippen molar-refractivity contribution in [2.75, 3.05) is 26.8 Å². The number of nitrogens with one attached hydrogen (secondary N) is 1. The number of esters is 1. The highest BCUT2D eigenvalue weighted by Crippen LogP contribution is 2.32. The van der Waals surface area contributed by atoms with Gasteiger partial charge in [-0.3, -0.25) is 4.79 Å². The molecule has 7 heteroatoms. The van der Waals surface area contributed by atoms with Gasteiger partial charge in [0.1, 0.15) is 6.61 Å². The topological polar surface area (TPSA) is 77.1 Å². The van der Waals surface area contributed by atoms with Gasteiger partial charge in [-0.2, -0.15) is 0 Å². The molecule has 164 valence electrons. The first-order valence-corrected chi connectivity index (χ1v) is 10.7. The lowest BCUT2D eigenvalue weighted by Crippen LogP contribution is -2.45. The zero-order valence-electron chi connectivity index (χ0n) is 17.7. The Kier molecular flexibility index (Phi) is 6.72. The number of fused-ring (bicyclic) bond motifs is 1. The minimum absolute atomic E-state index is 0.152. The molecule has 1 saturated heterocycles. The molecule has 0 bridgehead atoms. The first-order chi connectivity index (χ1) is 15.1. The fourth-order valence-corrected chi connectivity index (χ4v) is 4.09. The molecule has 7 nitrogen and oxygen atoms in total. The van der Waals surface area contributed by atoms with Crippen LogP contribution in [0.3, 0.4) is 0 Å². The fraction of sp³-hybridized carbons (Fsp3) is 0.417. The summed E-state index contributed by atoms with van der Waals surface area (Å²) in [5, 5.41) is 3.43. The largest absolute Gasteiger partial charge is 0.486 e. The van der Waals surface area contributed by atoms with E-state index in [0.717, 1.165) is 36.4 Å². The van der Waals surface area contributed by atoms with Gasteiger partial charge in [0, 0.05) is 19.0 Å². The van der Waals surface area contributed by atoms with Gasteiger partial charge in [0.05, 0.1) is 19.2 Å². The lowest BCUT2D eigenvalue weighted by Gasteiger charge is -2.32. The molecule has 4 rings (SSSR count). The molecule has 2 aromatic rings. The highest BCUT2D eigenvalue weighted by molar-refractivity contribution is 5.89. The molecule has 2 aliphatic heterocycles. The Morgan fingerprint density at radius 2 is 1.94 bits per heavy atom. The minimum atomic E-state index is -0.332. The van der Waals surface area contributed by atoms with E-state index in [4.69, 9.17) is 14.2 Å². The van der Waals surface area contributed by atoms with Crippen LogP contribution in [0, 0.1) is 0 Å². The molecule has 0 radical (unpaired) electrons. The van der Waals surface area contributed by atoms with Gasteiger partial charge in [-0.1, -0.05) is 24.3 Å². The summed E-state index contributed by atoms with van der Waals surface area (Å²) in [5.74, 6) is 1.35. The normalized spacial score (nSPS) is 20.0. The van der Waals surface area contributed by atoms with Crippen LogP contribution in [0.5, 0.6) is 11.5 Å². The Hall–Kier alpha value is -3.06. The van der Waals surface area contributed by atoms with E-state index in [1.807, 2.05) is 41.3 Å². The number of hydrogen-bond acceptors (Lipinski definition) is 6. The molecule has 2 atom stereocenters. The Bertz CT molecular complexity index is 914. The maximum Gasteiger partial charge on any atom is 0.337 e. The number of nitrogens with zero attached hydrogens (tertiary/aromatic N) is 1. The summed E-state index contributed by atoms with van der Waals surface area (Å²) in [7, 11) is 1.38. The second kappa shape index (κ2) is 9.83. The molecule has 1 fully saturated rings. The maximum absolute atomic E-state index is 12.4. The van der Waals surface area contributed by atoms with Crippen LogP contribution < -0.4 is 14.8 Å². The van der Waals surface area contributed by atoms with Gasteiger partial charge in [0.2, 0.25) is 5.91 Å². The third-order valence-electron chi connectivity index (χ3n) is 5.78. The number of ether oxygens (including phenoxy) is 3. The van der Waals surface area contributed by atoms with Gasteiger partial charge in [0.15, 0.2) is 17.6 Å². The predicted octanol–water partition coefficient (Wildman–Crippen LogP) is 2.78. The highest BCUT2D eigenvalue weighted by atomic mass is 16.6. The van der Waals surface area contributed by atoms with Crippen LogP contribution in [0.2, 0.25) is 0 Å². The molecule has 0 spiro atoms. The van der Waals surface area contributed by atoms with Crippen molar-refractivity contribution in [3.05, 3.63) is 59.7 Å². The van der Waals surface area contributed by atoms with Crippen molar-refractivity contribution in [1.29, 1.82) is 0 Å². The molecule has 2 aliphatic rings. The Morgan fingerprint density at radius 3 is 2.71 bits per heavy atom. The quantitative estimate of drug-likeness (QED) is 0.519. The van der Waals surface area contributed by atoms with Crippen molar-refractivity contribution in [3.63, 3.8) is 0 Å². The number of methoxy groups -OCH3 is 1. The molecule has 1 N–H and O–H groups in total. The Balaban J connectivity index is 1.24. The number of benzene rings is 2. The second-order valence-corrected chi connectivity index (χ2v) is 7.89. The summed E-state index contributed by atoms with van der Waals surface area (Å²) in [4.78, 5) is 25.9. The van der Waals surface area contributed by atoms with Gasteiger partial charge in [-0.25, -0.2) is 4.79 Å². The van der Waals surface area contributed by atoms with Crippen LogP contribution in [0.1, 0.15) is 35.2 Å². The van der Waals surface area contributed by atoms with Crippen molar-refractivity contribution in [2.45, 2.75) is 38.0 Å². The summed E-state index contributed by atoms with van der Waals surface area (Å²) >= 11 is 0. The summed E-state index contributed by atoms with van der Waals surface area (Å²) in [6.07, 6.45) is 2.19. The number of amides is 1. The molecular formula is C24H28N2O5. The number of hydrogen-bond donors (Lipinski definition) is 1. The van der Waals surface area contributed by atoms with Crippen molar-refractivity contribution in [2.24, 2.45) is 0 Å². The van der Waals surface area contributed by atoms with Gasteiger partial charge in [0.25, 0.3) is 0 Å². The number of rotatable bonds is 8. The first kappa shape index (κ1) is 21.2. The van der Waals surface area contributed by atoms with Gasteiger partial charge < -0.3 is 24.4 Å². The molecule has 0 aromatic heterocycles. The van der Waals surface area contributed by atoms with Gasteiger partial charge in [-0.15, -0.1) is 0 Å². The van der Waals surface area contributed by atoms with E-state index in [1.165, 1.54) is 7.11 Å². The van der Waals surface area contributed by atoms with E-state index in [2.05, 4.69) is 5.32 Å². The molecule has 1 amide bonds. The Labute approximate surface area is 182 Å². The lowest BCUT2D eigenvalue weighted by molar-refractivity contribution is -0.130. The van der Waals surface area contributed by atoms with Gasteiger partial charge >= 0.3 is 5.97 Å². The predicted molar refractivity (Wildman–Crippen MR) is 115 cm³/mol. The second-order valence-electron chi connectivity index (χ2n) is 7.89. The van der Waals surface area contributed by atoms with E-state index in [9.17, 15) is 9.59 Å². The van der Waals surface area contributed by atoms with Crippen LogP contribution in [-0.2, 0) is 16.1 Å². The monoisotopic (exact) mass is 424 g/mol. The molecule has 2 heterocycles. The van der Waals surface area contributed by atoms with E-state index in [1.54, 1.807) is 12.1 Å². The van der Waals surface area contributed by atoms with Crippen LogP contribution >= 0.6 is 0 Å². The lowest BCUT2D eigenvalue weighted by atomic mass is 10.1. The van der Waals surface area contributed by atoms with Gasteiger partial charge in [-0.05, 0) is 49.2 Å². The summed E-state index contributed by atoms with van der Waals surface area (Å²) in [6, 6.07) is 15.2. The highest BCUT2D eigenvalue weighted by Gasteiger charge is 2.34. The van der Waals surface area contributed by atoms with Crippen LogP contribution in [0.4, 0.5) is 0 Å². The van der Waals surface area contributed by atoms with Crippen molar-refractivity contribution < 1.29 is 23.8 Å². The van der Waals surface area contributed by atoms with Crippen LogP contribution in [0.15, 0.2) is 48.5 Å². The first-order valence-electron chi connectivity index (χ1n) is 10.7. The number of likely N-dealkylation sites (tertiary alicyclic amines) is 1. The molecule has 0 saturated carbocycles. The fourth-order valence-electron chi connectivity index (χ4n) is 4.09. The van der Waals surface area contributed by atoms with Crippen LogP contribution in [0.25, 0.3) is 0 Å². The number of carbonyl (C=O) groups is 2. The van der Waals surface area contributed by atoms with E-state index in [-0.39, 0.29) is 24.0 Å². The standard InChI is InChI=1S/C24H28N2O5/c1-29-24(28)18-8-6-17(7-9-18)14-25-13-12-19-10-11-23(27)26(19)15-20-16-30-21-4-2-3-5-22(21)31-20/h2-9,19-20,25H,10-16H2,1H3/t19-,20+/m0/s1. The molecule has 0 aliphatic carbocycles. The molecular weight excluding hydrogens is 396 g/mol. The molecule has 0 unspecified atom stereocenters. The SMILES string of the molecule is COC(=O)c1ccc(CNCC[C@@H]2CCC(=O)N2C[C@@H]2COc3ccccc3O2)cc1. The number of para-hydroxylation sites is 2. The van der Waals surface area contributed by atoms with E-state index in [0.29, 0.717) is 31.7 Å². The van der Waals surface area contributed by atoms with Crippen molar-refractivity contribution >= 4 is 11.9 Å². The molecule has 2 aromatic carbocycles. The Morgan fingerprint density at radius 1 is 1.16 bits per heavy atom. The zero-order chi connectivity index (χ0) is 21.6. The summed E-state index contributed by atoms with van der Waals surface area (Å²) in [6.45, 7) is 2.51. The third-order valence-corrected chi connectivity index (χ3v) is 5.78. The van der Waals surface area contributed by atoms with Crippen molar-refractivity contribution in [3.8, 4) is 11.5 Å². The van der Waals surface area contributed by atoms with E-state index < -0.39 is 0 Å². The minimum Gasteiger partial charge on any atom is -0.486 e. The number of carbonyl (C=O) groups excluding carboxylic acids is 2. The average Bonchev–Trinajstić information content (AvgIpc) is 3.15. The summed E-state index contributed by atoms with van der Waals surface area (Å²) < 4.78 is 16.6. The van der Waals surface area contributed by atoms with E-state index >= 15 is 0 Å². The van der Waals surface area contributed by atoms with Crippen molar-refractivity contribution in [1.82, 2.24) is 10.2 Å². The zero-order valence-corrected chi connectivity index (χ0v) is 17.7. The smallest absolute Gasteiger partial charge is 0.337 e. The molecule has 31 heavy (non-hydrogen) atoms. The summed E-state index contributed by atoms with van der Waals surface area (Å²) in [5.41, 5.74) is 1.64. The van der Waals surface area contributed by atoms with Crippen LogP contribution in [-0.4, -0.2) is 55.7 Å². The average molecular weight is 424 g/mol. The maximum atomic E-state index is 12.4. The third kappa shape index (κ3) is 5.17.